The van der Waals surface area contributed by atoms with E-state index >= 15 is 0 Å². The molecule has 10 heteroatoms. The average molecular weight is 406 g/mol. The summed E-state index contributed by atoms with van der Waals surface area (Å²) in [6, 6.07) is 4.08. The van der Waals surface area contributed by atoms with Crippen molar-refractivity contribution in [3.63, 3.8) is 0 Å². The van der Waals surface area contributed by atoms with Crippen molar-refractivity contribution in [1.29, 1.82) is 0 Å². The third-order valence-corrected chi connectivity index (χ3v) is 5.81. The van der Waals surface area contributed by atoms with Crippen LogP contribution in [0.4, 0.5) is 5.69 Å². The third kappa shape index (κ3) is 4.16. The van der Waals surface area contributed by atoms with Crippen molar-refractivity contribution in [3.8, 4) is 5.75 Å². The molecule has 0 fully saturated rings. The van der Waals surface area contributed by atoms with Gasteiger partial charge in [-0.15, -0.1) is 0 Å². The SMILES string of the molecule is CC[C@@H]1Oc2ccc(S(=O)(=O)NC(=O)CCc3cn(C)nc3C)cc2NC1=O. The van der Waals surface area contributed by atoms with Crippen molar-refractivity contribution in [1.82, 2.24) is 14.5 Å². The molecule has 2 N–H and O–H groups in total. The zero-order chi connectivity index (χ0) is 20.5. The number of rotatable bonds is 6. The summed E-state index contributed by atoms with van der Waals surface area (Å²) < 4.78 is 34.3. The van der Waals surface area contributed by atoms with E-state index in [-0.39, 0.29) is 22.9 Å². The molecule has 0 saturated heterocycles. The van der Waals surface area contributed by atoms with Gasteiger partial charge in [0.05, 0.1) is 16.3 Å². The Hall–Kier alpha value is -2.88. The number of fused-ring (bicyclic) bond motifs is 1. The number of ether oxygens (including phenoxy) is 1. The minimum atomic E-state index is -4.07. The first-order valence-electron chi connectivity index (χ1n) is 8.86. The van der Waals surface area contributed by atoms with Crippen molar-refractivity contribution in [2.24, 2.45) is 7.05 Å². The fourth-order valence-corrected chi connectivity index (χ4v) is 4.01. The molecular weight excluding hydrogens is 384 g/mol. The highest BCUT2D eigenvalue weighted by molar-refractivity contribution is 7.90. The molecule has 2 heterocycles. The Balaban J connectivity index is 1.69. The van der Waals surface area contributed by atoms with Crippen LogP contribution in [0.25, 0.3) is 0 Å². The molecule has 28 heavy (non-hydrogen) atoms. The van der Waals surface area contributed by atoms with Crippen molar-refractivity contribution in [2.75, 3.05) is 5.32 Å². The zero-order valence-electron chi connectivity index (χ0n) is 15.9. The summed E-state index contributed by atoms with van der Waals surface area (Å²) in [5.74, 6) is -0.559. The van der Waals surface area contributed by atoms with Gasteiger partial charge in [0.25, 0.3) is 15.9 Å². The van der Waals surface area contributed by atoms with Gasteiger partial charge >= 0.3 is 0 Å². The van der Waals surface area contributed by atoms with Gasteiger partial charge in [0.2, 0.25) is 5.91 Å². The van der Waals surface area contributed by atoms with Crippen LogP contribution >= 0.6 is 0 Å². The van der Waals surface area contributed by atoms with Gasteiger partial charge in [-0.3, -0.25) is 14.3 Å². The molecule has 0 aliphatic carbocycles. The van der Waals surface area contributed by atoms with E-state index in [1.807, 2.05) is 13.8 Å². The average Bonchev–Trinajstić information content (AvgIpc) is 2.95. The molecule has 9 nitrogen and oxygen atoms in total. The lowest BCUT2D eigenvalue weighted by molar-refractivity contribution is -0.123. The first-order chi connectivity index (χ1) is 13.2. The van der Waals surface area contributed by atoms with Gasteiger partial charge in [0.1, 0.15) is 5.75 Å². The van der Waals surface area contributed by atoms with E-state index < -0.39 is 22.0 Å². The minimum Gasteiger partial charge on any atom is -0.478 e. The van der Waals surface area contributed by atoms with E-state index in [1.54, 1.807) is 17.9 Å². The lowest BCUT2D eigenvalue weighted by atomic mass is 10.1. The predicted octanol–water partition coefficient (Wildman–Crippen LogP) is 1.28. The van der Waals surface area contributed by atoms with Gasteiger partial charge in [-0.05, 0) is 43.5 Å². The highest BCUT2D eigenvalue weighted by Gasteiger charge is 2.28. The van der Waals surface area contributed by atoms with Crippen LogP contribution in [0.1, 0.15) is 31.0 Å². The van der Waals surface area contributed by atoms with Crippen LogP contribution in [-0.4, -0.2) is 36.1 Å². The first kappa shape index (κ1) is 19.9. The largest absolute Gasteiger partial charge is 0.478 e. The summed E-state index contributed by atoms with van der Waals surface area (Å²) >= 11 is 0. The zero-order valence-corrected chi connectivity index (χ0v) is 16.7. The molecule has 0 spiro atoms. The molecule has 2 amide bonds. The number of aromatic nitrogens is 2. The second kappa shape index (κ2) is 7.63. The number of carbonyl (C=O) groups excluding carboxylic acids is 2. The first-order valence-corrected chi connectivity index (χ1v) is 10.3. The number of anilines is 1. The molecule has 1 aromatic carbocycles. The standard InChI is InChI=1S/C18H22N4O5S/c1-4-15-18(24)19-14-9-13(6-7-16(14)27-15)28(25,26)21-17(23)8-5-12-10-22(3)20-11(12)2/h6-7,9-10,15H,4-5,8H2,1-3H3,(H,19,24)(H,21,23)/t15-/m0/s1. The normalized spacial score (nSPS) is 16.1. The lowest BCUT2D eigenvalue weighted by Gasteiger charge is -2.25. The van der Waals surface area contributed by atoms with E-state index in [9.17, 15) is 18.0 Å². The highest BCUT2D eigenvalue weighted by Crippen LogP contribution is 2.32. The number of amides is 2. The summed E-state index contributed by atoms with van der Waals surface area (Å²) in [7, 11) is -2.29. The molecule has 150 valence electrons. The lowest BCUT2D eigenvalue weighted by Crippen LogP contribution is -2.36. The summed E-state index contributed by atoms with van der Waals surface area (Å²) in [6.07, 6.45) is 2.08. The number of sulfonamides is 1. The number of hydrogen-bond donors (Lipinski definition) is 2. The molecular formula is C18H22N4O5S. The maximum Gasteiger partial charge on any atom is 0.265 e. The van der Waals surface area contributed by atoms with Gasteiger partial charge in [0.15, 0.2) is 6.10 Å². The maximum absolute atomic E-state index is 12.5. The van der Waals surface area contributed by atoms with Crippen LogP contribution in [-0.2, 0) is 33.1 Å². The second-order valence-electron chi connectivity index (χ2n) is 6.60. The maximum atomic E-state index is 12.5. The Labute approximate surface area is 163 Å². The molecule has 3 rings (SSSR count). The van der Waals surface area contributed by atoms with Crippen LogP contribution in [0.3, 0.4) is 0 Å². The number of nitrogens with one attached hydrogen (secondary N) is 2. The molecule has 1 aliphatic heterocycles. The Kier molecular flexibility index (Phi) is 5.41. The number of carbonyl (C=O) groups is 2. The summed E-state index contributed by atoms with van der Waals surface area (Å²) in [6.45, 7) is 3.65. The topological polar surface area (TPSA) is 119 Å². The predicted molar refractivity (Wildman–Crippen MR) is 101 cm³/mol. The third-order valence-electron chi connectivity index (χ3n) is 4.44. The molecule has 0 unspecified atom stereocenters. The van der Waals surface area contributed by atoms with Crippen molar-refractivity contribution < 1.29 is 22.7 Å². The van der Waals surface area contributed by atoms with Gasteiger partial charge in [0, 0.05) is 19.7 Å². The van der Waals surface area contributed by atoms with E-state index in [4.69, 9.17) is 4.74 Å². The van der Waals surface area contributed by atoms with E-state index in [1.165, 1.54) is 18.2 Å². The van der Waals surface area contributed by atoms with Crippen LogP contribution < -0.4 is 14.8 Å². The second-order valence-corrected chi connectivity index (χ2v) is 8.29. The molecule has 0 saturated carbocycles. The van der Waals surface area contributed by atoms with E-state index in [2.05, 4.69) is 15.1 Å². The fraction of sp³-hybridized carbons (Fsp3) is 0.389. The number of aryl methyl sites for hydroxylation is 3. The van der Waals surface area contributed by atoms with Crippen molar-refractivity contribution >= 4 is 27.5 Å². The molecule has 0 radical (unpaired) electrons. The monoisotopic (exact) mass is 406 g/mol. The molecule has 1 aliphatic rings. The van der Waals surface area contributed by atoms with Crippen molar-refractivity contribution in [3.05, 3.63) is 35.7 Å². The van der Waals surface area contributed by atoms with Gasteiger partial charge in [-0.1, -0.05) is 6.92 Å². The fourth-order valence-electron chi connectivity index (χ4n) is 2.97. The van der Waals surface area contributed by atoms with Crippen LogP contribution in [0.15, 0.2) is 29.3 Å². The smallest absolute Gasteiger partial charge is 0.265 e. The number of benzene rings is 1. The van der Waals surface area contributed by atoms with Gasteiger partial charge in [-0.2, -0.15) is 5.10 Å². The van der Waals surface area contributed by atoms with Gasteiger partial charge in [-0.25, -0.2) is 13.1 Å². The summed E-state index contributed by atoms with van der Waals surface area (Å²) in [5, 5.41) is 6.82. The van der Waals surface area contributed by atoms with E-state index in [0.717, 1.165) is 11.3 Å². The summed E-state index contributed by atoms with van der Waals surface area (Å²) in [4.78, 5) is 23.9. The minimum absolute atomic E-state index is 0.00866. The molecule has 1 atom stereocenters. The van der Waals surface area contributed by atoms with Crippen LogP contribution in [0, 0.1) is 6.92 Å². The summed E-state index contributed by atoms with van der Waals surface area (Å²) in [5.41, 5.74) is 1.94. The Bertz CT molecular complexity index is 1030. The number of hydrogen-bond acceptors (Lipinski definition) is 6. The van der Waals surface area contributed by atoms with Gasteiger partial charge < -0.3 is 10.1 Å². The molecule has 2 aromatic rings. The highest BCUT2D eigenvalue weighted by atomic mass is 32.2. The molecule has 0 bridgehead atoms. The number of nitrogens with zero attached hydrogens (tertiary/aromatic N) is 2. The molecule has 1 aromatic heterocycles. The van der Waals surface area contributed by atoms with Crippen LogP contribution in [0.5, 0.6) is 5.75 Å². The Morgan fingerprint density at radius 3 is 2.79 bits per heavy atom. The Morgan fingerprint density at radius 2 is 2.14 bits per heavy atom. The van der Waals surface area contributed by atoms with E-state index in [0.29, 0.717) is 18.6 Å². The Morgan fingerprint density at radius 1 is 1.39 bits per heavy atom. The quantitative estimate of drug-likeness (QED) is 0.746. The van der Waals surface area contributed by atoms with Crippen LogP contribution in [0.2, 0.25) is 0 Å². The van der Waals surface area contributed by atoms with Crippen molar-refractivity contribution in [2.45, 2.75) is 44.1 Å².